The van der Waals surface area contributed by atoms with E-state index < -0.39 is 0 Å². The van der Waals surface area contributed by atoms with Crippen molar-refractivity contribution in [2.45, 2.75) is 38.6 Å². The van der Waals surface area contributed by atoms with Gasteiger partial charge in [-0.15, -0.1) is 0 Å². The quantitative estimate of drug-likeness (QED) is 0.618. The molecule has 150 valence electrons. The van der Waals surface area contributed by atoms with E-state index in [0.717, 1.165) is 70.7 Å². The van der Waals surface area contributed by atoms with Crippen molar-refractivity contribution in [2.24, 2.45) is 4.99 Å². The third-order valence-corrected chi connectivity index (χ3v) is 6.27. The minimum Gasteiger partial charge on any atom is -0.379 e. The molecule has 1 aromatic rings. The minimum absolute atomic E-state index is 0.284. The topological polar surface area (TPSA) is 40.1 Å². The van der Waals surface area contributed by atoms with E-state index in [0.29, 0.717) is 0 Å². The second-order valence-corrected chi connectivity index (χ2v) is 9.71. The summed E-state index contributed by atoms with van der Waals surface area (Å²) >= 11 is 2.05. The fourth-order valence-electron chi connectivity index (χ4n) is 3.63. The molecule has 1 aromatic carbocycles. The second-order valence-electron chi connectivity index (χ2n) is 7.91. The Morgan fingerprint density at radius 2 is 2.00 bits per heavy atom. The maximum absolute atomic E-state index is 5.45. The monoisotopic (exact) mass is 390 g/mol. The van der Waals surface area contributed by atoms with Crippen LogP contribution in [0.15, 0.2) is 29.3 Å². The average molecular weight is 391 g/mol. The summed E-state index contributed by atoms with van der Waals surface area (Å²) in [5.41, 5.74) is 2.65. The van der Waals surface area contributed by atoms with E-state index in [1.807, 2.05) is 0 Å². The summed E-state index contributed by atoms with van der Waals surface area (Å²) in [6.07, 6.45) is 0. The van der Waals surface area contributed by atoms with E-state index in [1.54, 1.807) is 0 Å². The van der Waals surface area contributed by atoms with Crippen LogP contribution < -0.4 is 5.32 Å². The molecule has 27 heavy (non-hydrogen) atoms. The number of rotatable bonds is 5. The summed E-state index contributed by atoms with van der Waals surface area (Å²) in [4.78, 5) is 9.83. The molecule has 6 heteroatoms. The van der Waals surface area contributed by atoms with Gasteiger partial charge in [-0.1, -0.05) is 24.3 Å². The van der Waals surface area contributed by atoms with Crippen LogP contribution in [-0.2, 0) is 17.8 Å². The van der Waals surface area contributed by atoms with Crippen molar-refractivity contribution in [1.82, 2.24) is 15.1 Å². The molecule has 0 aliphatic carbocycles. The molecule has 2 fully saturated rings. The largest absolute Gasteiger partial charge is 0.379 e. The molecule has 0 atom stereocenters. The zero-order valence-electron chi connectivity index (χ0n) is 17.0. The van der Waals surface area contributed by atoms with E-state index in [1.165, 1.54) is 11.1 Å². The highest BCUT2D eigenvalue weighted by molar-refractivity contribution is 8.00. The zero-order chi connectivity index (χ0) is 19.1. The van der Waals surface area contributed by atoms with Crippen LogP contribution in [0, 0.1) is 0 Å². The Bertz CT molecular complexity index is 628. The molecule has 5 nitrogen and oxygen atoms in total. The number of thioether (sulfide) groups is 1. The first kappa shape index (κ1) is 20.5. The van der Waals surface area contributed by atoms with Crippen LogP contribution >= 0.6 is 11.8 Å². The van der Waals surface area contributed by atoms with Gasteiger partial charge in [0.2, 0.25) is 0 Å². The molecule has 0 spiro atoms. The summed E-state index contributed by atoms with van der Waals surface area (Å²) < 4.78 is 5.73. The van der Waals surface area contributed by atoms with E-state index in [2.05, 4.69) is 71.9 Å². The number of nitrogens with one attached hydrogen (secondary N) is 1. The predicted molar refractivity (Wildman–Crippen MR) is 115 cm³/mol. The number of guanidine groups is 1. The van der Waals surface area contributed by atoms with Crippen LogP contribution in [0.1, 0.15) is 31.9 Å². The van der Waals surface area contributed by atoms with Gasteiger partial charge in [-0.2, -0.15) is 11.8 Å². The first-order valence-electron chi connectivity index (χ1n) is 10.1. The molecule has 0 bridgehead atoms. The van der Waals surface area contributed by atoms with Gasteiger partial charge in [0.05, 0.1) is 19.8 Å². The first-order chi connectivity index (χ1) is 13.1. The van der Waals surface area contributed by atoms with Gasteiger partial charge in [0.15, 0.2) is 5.96 Å². The Hall–Kier alpha value is -1.24. The number of ether oxygens (including phenoxy) is 1. The first-order valence-corrected chi connectivity index (χ1v) is 11.1. The Labute approximate surface area is 168 Å². The smallest absolute Gasteiger partial charge is 0.194 e. The Morgan fingerprint density at radius 3 is 2.74 bits per heavy atom. The lowest BCUT2D eigenvalue weighted by Crippen LogP contribution is -2.50. The number of benzene rings is 1. The number of nitrogens with zero attached hydrogens (tertiary/aromatic N) is 3. The van der Waals surface area contributed by atoms with Crippen molar-refractivity contribution in [3.8, 4) is 0 Å². The molecule has 1 N–H and O–H groups in total. The van der Waals surface area contributed by atoms with Gasteiger partial charge in [-0.3, -0.25) is 4.90 Å². The van der Waals surface area contributed by atoms with Crippen molar-refractivity contribution in [3.05, 3.63) is 35.4 Å². The molecule has 2 saturated heterocycles. The third kappa shape index (κ3) is 6.40. The molecule has 0 unspecified atom stereocenters. The van der Waals surface area contributed by atoms with E-state index in [9.17, 15) is 0 Å². The number of hydrogen-bond donors (Lipinski definition) is 1. The lowest BCUT2D eigenvalue weighted by molar-refractivity contribution is 0.0342. The van der Waals surface area contributed by atoms with Crippen molar-refractivity contribution in [1.29, 1.82) is 0 Å². The normalized spacial score (nSPS) is 21.3. The molecule has 2 heterocycles. The van der Waals surface area contributed by atoms with Crippen LogP contribution in [0.2, 0.25) is 0 Å². The van der Waals surface area contributed by atoms with Crippen LogP contribution in [0.5, 0.6) is 0 Å². The number of hydrogen-bond acceptors (Lipinski definition) is 4. The molecule has 0 saturated carbocycles. The van der Waals surface area contributed by atoms with Crippen molar-refractivity contribution < 1.29 is 4.74 Å². The molecular weight excluding hydrogens is 356 g/mol. The molecule has 2 aliphatic heterocycles. The molecule has 0 aromatic heterocycles. The predicted octanol–water partition coefficient (Wildman–Crippen LogP) is 2.81. The van der Waals surface area contributed by atoms with Gasteiger partial charge in [0, 0.05) is 49.8 Å². The highest BCUT2D eigenvalue weighted by atomic mass is 32.2. The third-order valence-electron chi connectivity index (χ3n) is 4.97. The number of aliphatic imine (C=N–C) groups is 1. The van der Waals surface area contributed by atoms with Gasteiger partial charge in [0.1, 0.15) is 0 Å². The minimum atomic E-state index is 0.284. The molecule has 2 aliphatic rings. The highest BCUT2D eigenvalue weighted by Crippen LogP contribution is 2.29. The lowest BCUT2D eigenvalue weighted by atomic mass is 10.1. The average Bonchev–Trinajstić information content (AvgIpc) is 2.65. The van der Waals surface area contributed by atoms with Gasteiger partial charge < -0.3 is 15.0 Å². The van der Waals surface area contributed by atoms with E-state index in [4.69, 9.17) is 9.73 Å². The fraction of sp³-hybridized carbons (Fsp3) is 0.667. The molecule has 0 radical (unpaired) electrons. The summed E-state index contributed by atoms with van der Waals surface area (Å²) in [7, 11) is 0. The van der Waals surface area contributed by atoms with Crippen LogP contribution in [0.25, 0.3) is 0 Å². The molecular formula is C21H34N4OS. The van der Waals surface area contributed by atoms with Crippen LogP contribution in [0.4, 0.5) is 0 Å². The zero-order valence-corrected chi connectivity index (χ0v) is 17.9. The maximum Gasteiger partial charge on any atom is 0.194 e. The number of morpholine rings is 1. The fourth-order valence-corrected chi connectivity index (χ4v) is 4.74. The Kier molecular flexibility index (Phi) is 7.44. The Balaban J connectivity index is 1.64. The summed E-state index contributed by atoms with van der Waals surface area (Å²) in [6.45, 7) is 15.3. The SMILES string of the molecule is CCNC(=NCc1cccc(CN2CCOCC2)c1)N1CCSC(C)(C)C1. The van der Waals surface area contributed by atoms with E-state index >= 15 is 0 Å². The lowest BCUT2D eigenvalue weighted by Gasteiger charge is -2.39. The summed E-state index contributed by atoms with van der Waals surface area (Å²) in [5.74, 6) is 2.20. The van der Waals surface area contributed by atoms with E-state index in [-0.39, 0.29) is 4.75 Å². The standard InChI is InChI=1S/C21H34N4OS/c1-4-22-20(25-10-13-27-21(2,3)17-25)23-15-18-6-5-7-19(14-18)16-24-8-11-26-12-9-24/h5-7,14H,4,8-13,15-17H2,1-3H3,(H,22,23). The molecule has 0 amide bonds. The summed E-state index contributed by atoms with van der Waals surface area (Å²) in [6, 6.07) is 8.87. The van der Waals surface area contributed by atoms with Gasteiger partial charge >= 0.3 is 0 Å². The highest BCUT2D eigenvalue weighted by Gasteiger charge is 2.28. The van der Waals surface area contributed by atoms with Gasteiger partial charge in [0.25, 0.3) is 0 Å². The maximum atomic E-state index is 5.45. The van der Waals surface area contributed by atoms with Gasteiger partial charge in [-0.05, 0) is 31.9 Å². The van der Waals surface area contributed by atoms with Crippen molar-refractivity contribution in [2.75, 3.05) is 51.7 Å². The van der Waals surface area contributed by atoms with Gasteiger partial charge in [-0.25, -0.2) is 4.99 Å². The molecule has 3 rings (SSSR count). The van der Waals surface area contributed by atoms with Crippen LogP contribution in [0.3, 0.4) is 0 Å². The second kappa shape index (κ2) is 9.80. The van der Waals surface area contributed by atoms with Crippen molar-refractivity contribution in [3.63, 3.8) is 0 Å². The van der Waals surface area contributed by atoms with Crippen molar-refractivity contribution >= 4 is 17.7 Å². The Morgan fingerprint density at radius 1 is 1.22 bits per heavy atom. The van der Waals surface area contributed by atoms with Crippen LogP contribution in [-0.4, -0.2) is 72.2 Å². The summed E-state index contributed by atoms with van der Waals surface area (Å²) in [5, 5.41) is 3.49.